The zero-order chi connectivity index (χ0) is 18.3. The summed E-state index contributed by atoms with van der Waals surface area (Å²) in [6, 6.07) is 0. The van der Waals surface area contributed by atoms with E-state index in [1.807, 2.05) is 11.9 Å². The molecule has 0 saturated carbocycles. The predicted octanol–water partition coefficient (Wildman–Crippen LogP) is 1.63. The van der Waals surface area contributed by atoms with Gasteiger partial charge < -0.3 is 15.1 Å². The van der Waals surface area contributed by atoms with E-state index in [9.17, 15) is 4.79 Å². The molecular weight excluding hydrogens is 314 g/mol. The molecule has 0 aromatic heterocycles. The molecule has 0 unspecified atom stereocenters. The summed E-state index contributed by atoms with van der Waals surface area (Å²) >= 11 is 0. The van der Waals surface area contributed by atoms with Gasteiger partial charge >= 0.3 is 0 Å². The number of guanidine groups is 1. The molecule has 2 fully saturated rings. The molecule has 144 valence electrons. The van der Waals surface area contributed by atoms with Gasteiger partial charge in [0.05, 0.1) is 6.54 Å². The van der Waals surface area contributed by atoms with Crippen LogP contribution in [0.15, 0.2) is 4.99 Å². The Morgan fingerprint density at radius 2 is 1.64 bits per heavy atom. The number of amides is 1. The number of likely N-dealkylation sites (tertiary alicyclic amines) is 1. The lowest BCUT2D eigenvalue weighted by atomic mass is 9.91. The van der Waals surface area contributed by atoms with Crippen molar-refractivity contribution in [1.29, 1.82) is 0 Å². The van der Waals surface area contributed by atoms with Crippen LogP contribution < -0.4 is 5.32 Å². The first-order valence-corrected chi connectivity index (χ1v) is 9.85. The smallest absolute Gasteiger partial charge is 0.236 e. The summed E-state index contributed by atoms with van der Waals surface area (Å²) < 4.78 is 0. The maximum atomic E-state index is 12.3. The van der Waals surface area contributed by atoms with Gasteiger partial charge in [0.25, 0.3) is 0 Å². The molecule has 0 atom stereocenters. The van der Waals surface area contributed by atoms with Crippen LogP contribution in [0.2, 0.25) is 0 Å². The van der Waals surface area contributed by atoms with Crippen molar-refractivity contribution in [3.63, 3.8) is 0 Å². The molecule has 0 aliphatic carbocycles. The van der Waals surface area contributed by atoms with Crippen LogP contribution in [0.5, 0.6) is 0 Å². The number of aliphatic imine (C=N–C) groups is 1. The largest absolute Gasteiger partial charge is 0.356 e. The third-order valence-electron chi connectivity index (χ3n) is 5.09. The minimum Gasteiger partial charge on any atom is -0.356 e. The van der Waals surface area contributed by atoms with Crippen molar-refractivity contribution >= 4 is 11.9 Å². The number of hydrogen-bond donors (Lipinski definition) is 1. The first-order chi connectivity index (χ1) is 11.9. The number of nitrogens with one attached hydrogen (secondary N) is 1. The molecular formula is C19H37N5O. The molecule has 2 rings (SSSR count). The predicted molar refractivity (Wildman–Crippen MR) is 104 cm³/mol. The lowest BCUT2D eigenvalue weighted by Gasteiger charge is -2.36. The van der Waals surface area contributed by atoms with Crippen molar-refractivity contribution in [1.82, 2.24) is 20.0 Å². The highest BCUT2D eigenvalue weighted by molar-refractivity contribution is 5.80. The number of nitrogens with zero attached hydrogens (tertiary/aromatic N) is 4. The third kappa shape index (κ3) is 6.84. The molecule has 0 aromatic carbocycles. The molecule has 2 saturated heterocycles. The highest BCUT2D eigenvalue weighted by atomic mass is 16.2. The fourth-order valence-corrected chi connectivity index (χ4v) is 3.53. The Balaban J connectivity index is 1.67. The van der Waals surface area contributed by atoms with E-state index in [4.69, 9.17) is 0 Å². The molecule has 6 heteroatoms. The van der Waals surface area contributed by atoms with Crippen molar-refractivity contribution in [3.8, 4) is 0 Å². The maximum Gasteiger partial charge on any atom is 0.236 e. The van der Waals surface area contributed by atoms with E-state index in [1.54, 1.807) is 0 Å². The van der Waals surface area contributed by atoms with Gasteiger partial charge in [0.1, 0.15) is 0 Å². The Morgan fingerprint density at radius 1 is 1.00 bits per heavy atom. The second kappa shape index (κ2) is 9.41. The molecule has 0 aromatic rings. The maximum absolute atomic E-state index is 12.3. The Kier molecular flexibility index (Phi) is 7.54. The number of carbonyl (C=O) groups is 1. The summed E-state index contributed by atoms with van der Waals surface area (Å²) in [4.78, 5) is 23.3. The second-order valence-corrected chi connectivity index (χ2v) is 8.49. The van der Waals surface area contributed by atoms with Crippen molar-refractivity contribution in [2.24, 2.45) is 10.4 Å². The average molecular weight is 352 g/mol. The van der Waals surface area contributed by atoms with E-state index in [1.165, 1.54) is 6.42 Å². The Labute approximate surface area is 153 Å². The Morgan fingerprint density at radius 3 is 2.20 bits per heavy atom. The highest BCUT2D eigenvalue weighted by Gasteiger charge is 2.24. The van der Waals surface area contributed by atoms with Gasteiger partial charge in [-0.05, 0) is 31.1 Å². The van der Waals surface area contributed by atoms with E-state index in [-0.39, 0.29) is 0 Å². The Hall–Kier alpha value is -1.30. The van der Waals surface area contributed by atoms with Gasteiger partial charge in [-0.3, -0.25) is 14.7 Å². The number of hydrogen-bond acceptors (Lipinski definition) is 3. The molecule has 25 heavy (non-hydrogen) atoms. The first-order valence-electron chi connectivity index (χ1n) is 9.85. The molecule has 0 radical (unpaired) electrons. The van der Waals surface area contributed by atoms with Crippen LogP contribution in [0.1, 0.15) is 46.5 Å². The zero-order valence-corrected chi connectivity index (χ0v) is 16.7. The summed E-state index contributed by atoms with van der Waals surface area (Å²) in [6.45, 7) is 14.0. The van der Waals surface area contributed by atoms with Crippen LogP contribution in [0.4, 0.5) is 0 Å². The zero-order valence-electron chi connectivity index (χ0n) is 16.7. The van der Waals surface area contributed by atoms with E-state index >= 15 is 0 Å². The van der Waals surface area contributed by atoms with Gasteiger partial charge in [-0.1, -0.05) is 20.8 Å². The summed E-state index contributed by atoms with van der Waals surface area (Å²) in [5.41, 5.74) is 0.388. The lowest BCUT2D eigenvalue weighted by molar-refractivity contribution is -0.131. The molecule has 0 bridgehead atoms. The first kappa shape index (κ1) is 20.0. The molecule has 2 aliphatic rings. The molecule has 1 N–H and O–H groups in total. The van der Waals surface area contributed by atoms with E-state index in [2.05, 4.69) is 40.9 Å². The topological polar surface area (TPSA) is 51.2 Å². The molecule has 2 aliphatic heterocycles. The van der Waals surface area contributed by atoms with E-state index in [0.29, 0.717) is 17.9 Å². The van der Waals surface area contributed by atoms with Gasteiger partial charge in [-0.25, -0.2) is 0 Å². The normalized spacial score (nSPS) is 20.2. The van der Waals surface area contributed by atoms with Gasteiger partial charge in [0.2, 0.25) is 5.91 Å². The van der Waals surface area contributed by atoms with E-state index < -0.39 is 0 Å². The fourth-order valence-electron chi connectivity index (χ4n) is 3.53. The Bertz CT molecular complexity index is 443. The summed E-state index contributed by atoms with van der Waals surface area (Å²) in [5, 5.41) is 3.49. The highest BCUT2D eigenvalue weighted by Crippen LogP contribution is 2.19. The van der Waals surface area contributed by atoms with E-state index in [0.717, 1.165) is 71.0 Å². The van der Waals surface area contributed by atoms with Crippen molar-refractivity contribution in [2.45, 2.75) is 46.5 Å². The average Bonchev–Trinajstić information content (AvgIpc) is 3.10. The number of rotatable bonds is 5. The van der Waals surface area contributed by atoms with Crippen LogP contribution in [0, 0.1) is 5.41 Å². The fraction of sp³-hybridized carbons (Fsp3) is 0.895. The van der Waals surface area contributed by atoms with Crippen LogP contribution in [-0.4, -0.2) is 86.0 Å². The van der Waals surface area contributed by atoms with Crippen LogP contribution in [0.3, 0.4) is 0 Å². The summed E-state index contributed by atoms with van der Waals surface area (Å²) in [7, 11) is 1.86. The SMILES string of the molecule is CN=C(NCCCC(C)(C)C)N1CCN(CC(=O)N2CCCC2)CC1. The molecule has 1 amide bonds. The molecule has 2 heterocycles. The summed E-state index contributed by atoms with van der Waals surface area (Å²) in [6.07, 6.45) is 4.70. The quantitative estimate of drug-likeness (QED) is 0.465. The van der Waals surface area contributed by atoms with Gasteiger partial charge in [0.15, 0.2) is 5.96 Å². The summed E-state index contributed by atoms with van der Waals surface area (Å²) in [5.74, 6) is 1.30. The standard InChI is InChI=1S/C19H37N5O/c1-19(2,3)8-7-9-21-18(20-4)24-14-12-22(13-15-24)16-17(25)23-10-5-6-11-23/h5-16H2,1-4H3,(H,20,21). The van der Waals surface area contributed by atoms with Gasteiger partial charge in [-0.2, -0.15) is 0 Å². The van der Waals surface area contributed by atoms with Crippen molar-refractivity contribution in [3.05, 3.63) is 0 Å². The number of carbonyl (C=O) groups excluding carboxylic acids is 1. The van der Waals surface area contributed by atoms with Crippen LogP contribution in [-0.2, 0) is 4.79 Å². The lowest BCUT2D eigenvalue weighted by Crippen LogP contribution is -2.54. The van der Waals surface area contributed by atoms with Gasteiger partial charge in [0, 0.05) is 52.9 Å². The van der Waals surface area contributed by atoms with Crippen molar-refractivity contribution in [2.75, 3.05) is 59.4 Å². The molecule has 0 spiro atoms. The minimum atomic E-state index is 0.302. The third-order valence-corrected chi connectivity index (χ3v) is 5.09. The monoisotopic (exact) mass is 351 g/mol. The van der Waals surface area contributed by atoms with Crippen molar-refractivity contribution < 1.29 is 4.79 Å². The van der Waals surface area contributed by atoms with Crippen LogP contribution in [0.25, 0.3) is 0 Å². The second-order valence-electron chi connectivity index (χ2n) is 8.49. The number of piperazine rings is 1. The molecule has 6 nitrogen and oxygen atoms in total. The van der Waals surface area contributed by atoms with Gasteiger partial charge in [-0.15, -0.1) is 0 Å². The minimum absolute atomic E-state index is 0.302. The van der Waals surface area contributed by atoms with Crippen LogP contribution >= 0.6 is 0 Å².